The van der Waals surface area contributed by atoms with Crippen molar-refractivity contribution in [3.8, 4) is 17.2 Å². The highest BCUT2D eigenvalue weighted by Crippen LogP contribution is 2.38. The number of ether oxygens (including phenoxy) is 3. The third-order valence-electron chi connectivity index (χ3n) is 3.43. The van der Waals surface area contributed by atoms with Gasteiger partial charge in [0.1, 0.15) is 0 Å². The Hall–Kier alpha value is -2.54. The summed E-state index contributed by atoms with van der Waals surface area (Å²) in [6.07, 6.45) is 1.26. The summed E-state index contributed by atoms with van der Waals surface area (Å²) in [6.45, 7) is 4.18. The summed E-state index contributed by atoms with van der Waals surface area (Å²) in [5, 5.41) is 0. The van der Waals surface area contributed by atoms with Gasteiger partial charge in [-0.25, -0.2) is 0 Å². The van der Waals surface area contributed by atoms with Gasteiger partial charge in [-0.3, -0.25) is 0 Å². The van der Waals surface area contributed by atoms with Gasteiger partial charge in [0, 0.05) is 11.8 Å². The summed E-state index contributed by atoms with van der Waals surface area (Å²) in [6, 6.07) is 9.79. The largest absolute Gasteiger partial charge is 0.493 e. The van der Waals surface area contributed by atoms with E-state index in [0.717, 1.165) is 5.56 Å². The van der Waals surface area contributed by atoms with E-state index in [-0.39, 0.29) is 4.90 Å². The highest BCUT2D eigenvalue weighted by atomic mass is 32.2. The van der Waals surface area contributed by atoms with E-state index in [2.05, 4.69) is 4.40 Å². The van der Waals surface area contributed by atoms with E-state index in [1.807, 2.05) is 13.8 Å². The van der Waals surface area contributed by atoms with Crippen molar-refractivity contribution in [2.45, 2.75) is 18.7 Å². The van der Waals surface area contributed by atoms with E-state index in [1.165, 1.54) is 32.6 Å². The van der Waals surface area contributed by atoms with E-state index in [9.17, 15) is 8.42 Å². The van der Waals surface area contributed by atoms with Crippen LogP contribution >= 0.6 is 0 Å². The number of nitrogens with zero attached hydrogens (tertiary/aromatic N) is 1. The average Bonchev–Trinajstić information content (AvgIpc) is 2.61. The SMILES string of the molecule is CCOc1c(OC)cc(/C=N\S(=O)(=O)c2ccc(C)cc2)cc1OC. The third-order valence-corrected chi connectivity index (χ3v) is 4.68. The zero-order valence-electron chi connectivity index (χ0n) is 14.6. The molecule has 134 valence electrons. The molecule has 0 aliphatic rings. The molecule has 0 saturated heterocycles. The highest BCUT2D eigenvalue weighted by molar-refractivity contribution is 7.90. The van der Waals surface area contributed by atoms with E-state index in [0.29, 0.717) is 29.4 Å². The molecule has 25 heavy (non-hydrogen) atoms. The fourth-order valence-corrected chi connectivity index (χ4v) is 3.02. The number of hydrogen-bond donors (Lipinski definition) is 0. The van der Waals surface area contributed by atoms with Crippen molar-refractivity contribution >= 4 is 16.2 Å². The number of hydrogen-bond acceptors (Lipinski definition) is 5. The summed E-state index contributed by atoms with van der Waals surface area (Å²) in [5.41, 5.74) is 1.50. The van der Waals surface area contributed by atoms with Crippen molar-refractivity contribution in [3.63, 3.8) is 0 Å². The van der Waals surface area contributed by atoms with Gasteiger partial charge in [0.2, 0.25) is 5.75 Å². The maximum Gasteiger partial charge on any atom is 0.282 e. The van der Waals surface area contributed by atoms with E-state index in [4.69, 9.17) is 14.2 Å². The van der Waals surface area contributed by atoms with Crippen LogP contribution in [0.3, 0.4) is 0 Å². The Morgan fingerprint density at radius 1 is 1.04 bits per heavy atom. The van der Waals surface area contributed by atoms with Crippen LogP contribution in [0.1, 0.15) is 18.1 Å². The van der Waals surface area contributed by atoms with Gasteiger partial charge < -0.3 is 14.2 Å². The van der Waals surface area contributed by atoms with Gasteiger partial charge in [-0.2, -0.15) is 12.8 Å². The summed E-state index contributed by atoms with van der Waals surface area (Å²) in [4.78, 5) is 0.138. The van der Waals surface area contributed by atoms with Crippen LogP contribution in [0.2, 0.25) is 0 Å². The average molecular weight is 363 g/mol. The van der Waals surface area contributed by atoms with Crippen molar-refractivity contribution in [3.05, 3.63) is 47.5 Å². The molecule has 0 radical (unpaired) electrons. The first-order valence-corrected chi connectivity index (χ1v) is 9.11. The topological polar surface area (TPSA) is 74.2 Å². The monoisotopic (exact) mass is 363 g/mol. The van der Waals surface area contributed by atoms with Crippen molar-refractivity contribution < 1.29 is 22.6 Å². The molecule has 7 heteroatoms. The van der Waals surface area contributed by atoms with Crippen molar-refractivity contribution in [1.29, 1.82) is 0 Å². The van der Waals surface area contributed by atoms with Crippen LogP contribution in [0.5, 0.6) is 17.2 Å². The van der Waals surface area contributed by atoms with Crippen molar-refractivity contribution in [2.24, 2.45) is 4.40 Å². The summed E-state index contributed by atoms with van der Waals surface area (Å²) >= 11 is 0. The molecule has 2 aromatic rings. The molecule has 0 aliphatic heterocycles. The molecule has 0 N–H and O–H groups in total. The van der Waals surface area contributed by atoms with Crippen LogP contribution in [0.25, 0.3) is 0 Å². The molecule has 0 atom stereocenters. The van der Waals surface area contributed by atoms with Crippen LogP contribution in [0.4, 0.5) is 0 Å². The second-order valence-corrected chi connectivity index (χ2v) is 6.84. The van der Waals surface area contributed by atoms with Crippen LogP contribution in [0, 0.1) is 6.92 Å². The summed E-state index contributed by atoms with van der Waals surface area (Å²) < 4.78 is 44.5. The first-order valence-electron chi connectivity index (χ1n) is 7.67. The van der Waals surface area contributed by atoms with Crippen molar-refractivity contribution in [2.75, 3.05) is 20.8 Å². The predicted molar refractivity (Wildman–Crippen MR) is 96.7 cm³/mol. The molecule has 0 bridgehead atoms. The lowest BCUT2D eigenvalue weighted by Crippen LogP contribution is -2.01. The fourth-order valence-electron chi connectivity index (χ4n) is 2.16. The minimum absolute atomic E-state index is 0.138. The zero-order chi connectivity index (χ0) is 18.4. The number of rotatable bonds is 7. The Bertz CT molecular complexity index is 833. The Morgan fingerprint density at radius 2 is 1.60 bits per heavy atom. The van der Waals surface area contributed by atoms with Crippen LogP contribution in [0.15, 0.2) is 45.7 Å². The Labute approximate surface area is 148 Å². The highest BCUT2D eigenvalue weighted by Gasteiger charge is 2.15. The maximum atomic E-state index is 12.3. The van der Waals surface area contributed by atoms with Gasteiger partial charge in [0.05, 0.1) is 25.7 Å². The summed E-state index contributed by atoms with van der Waals surface area (Å²) in [5.74, 6) is 1.34. The van der Waals surface area contributed by atoms with Crippen LogP contribution in [-0.4, -0.2) is 35.5 Å². The van der Waals surface area contributed by atoms with Gasteiger partial charge in [0.15, 0.2) is 11.5 Å². The molecule has 6 nitrogen and oxygen atoms in total. The normalized spacial score (nSPS) is 11.5. The number of methoxy groups -OCH3 is 2. The Balaban J connectivity index is 2.38. The van der Waals surface area contributed by atoms with E-state index in [1.54, 1.807) is 24.3 Å². The molecule has 0 aliphatic carbocycles. The second-order valence-electron chi connectivity index (χ2n) is 5.21. The standard InChI is InChI=1S/C18H21NO5S/c1-5-24-18-16(22-3)10-14(11-17(18)23-4)12-19-25(20,21)15-8-6-13(2)7-9-15/h6-12H,5H2,1-4H3/b19-12-. The van der Waals surface area contributed by atoms with Crippen molar-refractivity contribution in [1.82, 2.24) is 0 Å². The molecule has 0 fully saturated rings. The number of sulfonamides is 1. The number of benzene rings is 2. The maximum absolute atomic E-state index is 12.3. The molecule has 0 saturated carbocycles. The van der Waals surface area contributed by atoms with Gasteiger partial charge >= 0.3 is 0 Å². The lowest BCUT2D eigenvalue weighted by molar-refractivity contribution is 0.288. The van der Waals surface area contributed by atoms with E-state index >= 15 is 0 Å². The van der Waals surface area contributed by atoms with Crippen LogP contribution in [-0.2, 0) is 10.0 Å². The fraction of sp³-hybridized carbons (Fsp3) is 0.278. The molecule has 0 heterocycles. The molecular weight excluding hydrogens is 342 g/mol. The minimum Gasteiger partial charge on any atom is -0.493 e. The smallest absolute Gasteiger partial charge is 0.282 e. The number of aryl methyl sites for hydroxylation is 1. The molecule has 2 rings (SSSR count). The van der Waals surface area contributed by atoms with Gasteiger partial charge in [-0.1, -0.05) is 17.7 Å². The quantitative estimate of drug-likeness (QED) is 0.706. The lowest BCUT2D eigenvalue weighted by Gasteiger charge is -2.14. The molecule has 0 unspecified atom stereocenters. The van der Waals surface area contributed by atoms with Gasteiger partial charge in [-0.05, 0) is 38.1 Å². The van der Waals surface area contributed by atoms with Gasteiger partial charge in [0.25, 0.3) is 10.0 Å². The first-order chi connectivity index (χ1) is 11.9. The van der Waals surface area contributed by atoms with Crippen LogP contribution < -0.4 is 14.2 Å². The predicted octanol–water partition coefficient (Wildman–Crippen LogP) is 3.22. The molecular formula is C18H21NO5S. The lowest BCUT2D eigenvalue weighted by atomic mass is 10.2. The second kappa shape index (κ2) is 8.02. The molecule has 0 spiro atoms. The van der Waals surface area contributed by atoms with E-state index < -0.39 is 10.0 Å². The zero-order valence-corrected chi connectivity index (χ0v) is 15.5. The molecule has 0 aromatic heterocycles. The third kappa shape index (κ3) is 4.51. The van der Waals surface area contributed by atoms with Gasteiger partial charge in [-0.15, -0.1) is 0 Å². The molecule has 2 aromatic carbocycles. The minimum atomic E-state index is -3.78. The Kier molecular flexibility index (Phi) is 6.03. The molecule has 0 amide bonds. The Morgan fingerprint density at radius 3 is 2.08 bits per heavy atom. The first kappa shape index (κ1) is 18.8. The summed E-state index contributed by atoms with van der Waals surface area (Å²) in [7, 11) is -0.776.